The van der Waals surface area contributed by atoms with Crippen molar-refractivity contribution < 1.29 is 4.79 Å². The van der Waals surface area contributed by atoms with Crippen molar-refractivity contribution in [1.82, 2.24) is 14.9 Å². The molecular weight excluding hydrogens is 130 g/mol. The van der Waals surface area contributed by atoms with E-state index in [-0.39, 0.29) is 6.17 Å². The van der Waals surface area contributed by atoms with Crippen LogP contribution in [0.2, 0.25) is 0 Å². The van der Waals surface area contributed by atoms with Crippen LogP contribution in [-0.2, 0) is 4.79 Å². The first-order valence-corrected chi connectivity index (χ1v) is 2.98. The monoisotopic (exact) mass is 139 g/mol. The van der Waals surface area contributed by atoms with Crippen molar-refractivity contribution in [3.8, 4) is 0 Å². The molecule has 0 aliphatic rings. The van der Waals surface area contributed by atoms with Crippen LogP contribution in [-0.4, -0.2) is 22.9 Å². The zero-order valence-corrected chi connectivity index (χ0v) is 5.69. The molecule has 1 atom stereocenters. The molecule has 1 heterocycles. The SMILES string of the molecule is CNC(C=O)n1ccnc1. The summed E-state index contributed by atoms with van der Waals surface area (Å²) in [6.45, 7) is 0. The smallest absolute Gasteiger partial charge is 0.157 e. The molecule has 1 N–H and O–H groups in total. The Labute approximate surface area is 58.9 Å². The number of carbonyl (C=O) groups excluding carboxylic acids is 1. The van der Waals surface area contributed by atoms with Crippen molar-refractivity contribution in [1.29, 1.82) is 0 Å². The molecule has 0 aromatic carbocycles. The highest BCUT2D eigenvalue weighted by Crippen LogP contribution is 1.94. The number of nitrogens with one attached hydrogen (secondary N) is 1. The van der Waals surface area contributed by atoms with E-state index < -0.39 is 0 Å². The van der Waals surface area contributed by atoms with E-state index in [9.17, 15) is 4.79 Å². The maximum atomic E-state index is 10.3. The molecule has 10 heavy (non-hydrogen) atoms. The van der Waals surface area contributed by atoms with Gasteiger partial charge in [0.15, 0.2) is 6.29 Å². The zero-order chi connectivity index (χ0) is 7.40. The summed E-state index contributed by atoms with van der Waals surface area (Å²) in [7, 11) is 1.72. The van der Waals surface area contributed by atoms with Gasteiger partial charge in [-0.15, -0.1) is 0 Å². The second-order valence-corrected chi connectivity index (χ2v) is 1.88. The molecule has 1 rings (SSSR count). The van der Waals surface area contributed by atoms with Crippen LogP contribution in [0.15, 0.2) is 18.7 Å². The van der Waals surface area contributed by atoms with Crippen molar-refractivity contribution in [2.75, 3.05) is 7.05 Å². The standard InChI is InChI=1S/C6H9N3O/c1-7-6(4-10)9-3-2-8-5-9/h2-7H,1H3. The zero-order valence-electron chi connectivity index (χ0n) is 5.69. The van der Waals surface area contributed by atoms with Crippen LogP contribution in [0.5, 0.6) is 0 Å². The molecule has 0 aliphatic heterocycles. The molecule has 0 saturated carbocycles. The topological polar surface area (TPSA) is 46.9 Å². The van der Waals surface area contributed by atoms with E-state index in [1.807, 2.05) is 0 Å². The van der Waals surface area contributed by atoms with E-state index in [1.165, 1.54) is 0 Å². The third kappa shape index (κ3) is 1.22. The minimum atomic E-state index is -0.289. The molecule has 0 bridgehead atoms. The number of hydrogen-bond donors (Lipinski definition) is 1. The van der Waals surface area contributed by atoms with Crippen molar-refractivity contribution >= 4 is 6.29 Å². The quantitative estimate of drug-likeness (QED) is 0.590. The summed E-state index contributed by atoms with van der Waals surface area (Å²) in [5, 5.41) is 2.81. The summed E-state index contributed by atoms with van der Waals surface area (Å²) in [6, 6.07) is 0. The largest absolute Gasteiger partial charge is 0.315 e. The van der Waals surface area contributed by atoms with E-state index in [0.717, 1.165) is 6.29 Å². The number of hydrogen-bond acceptors (Lipinski definition) is 3. The van der Waals surface area contributed by atoms with E-state index in [4.69, 9.17) is 0 Å². The number of rotatable bonds is 3. The van der Waals surface area contributed by atoms with Gasteiger partial charge >= 0.3 is 0 Å². The summed E-state index contributed by atoms with van der Waals surface area (Å²) in [5.41, 5.74) is 0. The second-order valence-electron chi connectivity index (χ2n) is 1.88. The number of nitrogens with zero attached hydrogens (tertiary/aromatic N) is 2. The lowest BCUT2D eigenvalue weighted by Crippen LogP contribution is -2.22. The highest BCUT2D eigenvalue weighted by molar-refractivity contribution is 5.54. The van der Waals surface area contributed by atoms with Gasteiger partial charge < -0.3 is 4.57 Å². The Morgan fingerprint density at radius 1 is 1.80 bits per heavy atom. The molecule has 0 aliphatic carbocycles. The van der Waals surface area contributed by atoms with E-state index in [1.54, 1.807) is 30.3 Å². The van der Waals surface area contributed by atoms with Crippen molar-refractivity contribution in [3.63, 3.8) is 0 Å². The summed E-state index contributed by atoms with van der Waals surface area (Å²) in [5.74, 6) is 0. The summed E-state index contributed by atoms with van der Waals surface area (Å²) in [6.07, 6.45) is 5.49. The molecule has 4 nitrogen and oxygen atoms in total. The van der Waals surface area contributed by atoms with Gasteiger partial charge in [-0.25, -0.2) is 4.98 Å². The summed E-state index contributed by atoms with van der Waals surface area (Å²) < 4.78 is 1.69. The van der Waals surface area contributed by atoms with Crippen molar-refractivity contribution in [2.45, 2.75) is 6.17 Å². The van der Waals surface area contributed by atoms with Crippen LogP contribution < -0.4 is 5.32 Å². The second kappa shape index (κ2) is 3.12. The number of carbonyl (C=O) groups is 1. The van der Waals surface area contributed by atoms with E-state index in [2.05, 4.69) is 10.3 Å². The van der Waals surface area contributed by atoms with Gasteiger partial charge in [-0.2, -0.15) is 0 Å². The van der Waals surface area contributed by atoms with Gasteiger partial charge in [0.05, 0.1) is 6.33 Å². The Bertz CT molecular complexity index is 195. The summed E-state index contributed by atoms with van der Waals surface area (Å²) in [4.78, 5) is 14.1. The molecule has 1 aromatic rings. The first-order valence-electron chi connectivity index (χ1n) is 2.98. The van der Waals surface area contributed by atoms with Gasteiger partial charge in [-0.3, -0.25) is 10.1 Å². The molecule has 54 valence electrons. The normalized spacial score (nSPS) is 12.9. The fourth-order valence-corrected chi connectivity index (χ4v) is 0.721. The van der Waals surface area contributed by atoms with Crippen LogP contribution in [0, 0.1) is 0 Å². The minimum Gasteiger partial charge on any atom is -0.315 e. The Balaban J connectivity index is 2.73. The number of aldehydes is 1. The Morgan fingerprint density at radius 3 is 3.00 bits per heavy atom. The lowest BCUT2D eigenvalue weighted by molar-refractivity contribution is -0.111. The Morgan fingerprint density at radius 2 is 2.60 bits per heavy atom. The van der Waals surface area contributed by atoms with Gasteiger partial charge in [0.25, 0.3) is 0 Å². The maximum absolute atomic E-state index is 10.3. The Kier molecular flexibility index (Phi) is 2.17. The number of likely N-dealkylation sites (N-methyl/N-ethyl adjacent to an activating group) is 1. The lowest BCUT2D eigenvalue weighted by atomic mass is 10.5. The van der Waals surface area contributed by atoms with Gasteiger partial charge in [0.1, 0.15) is 6.17 Å². The predicted molar refractivity (Wildman–Crippen MR) is 36.4 cm³/mol. The van der Waals surface area contributed by atoms with Crippen LogP contribution in [0.25, 0.3) is 0 Å². The molecule has 0 amide bonds. The average molecular weight is 139 g/mol. The molecule has 0 saturated heterocycles. The summed E-state index contributed by atoms with van der Waals surface area (Å²) >= 11 is 0. The number of aromatic nitrogens is 2. The maximum Gasteiger partial charge on any atom is 0.157 e. The molecule has 0 radical (unpaired) electrons. The fraction of sp³-hybridized carbons (Fsp3) is 0.333. The van der Waals surface area contributed by atoms with E-state index >= 15 is 0 Å². The third-order valence-corrected chi connectivity index (χ3v) is 1.27. The third-order valence-electron chi connectivity index (χ3n) is 1.27. The Hall–Kier alpha value is -1.16. The molecule has 1 aromatic heterocycles. The van der Waals surface area contributed by atoms with Gasteiger partial charge in [-0.05, 0) is 7.05 Å². The first kappa shape index (κ1) is 6.95. The van der Waals surface area contributed by atoms with E-state index in [0.29, 0.717) is 0 Å². The van der Waals surface area contributed by atoms with Crippen LogP contribution in [0.3, 0.4) is 0 Å². The fourth-order valence-electron chi connectivity index (χ4n) is 0.721. The molecule has 0 fully saturated rings. The number of imidazole rings is 1. The molecule has 4 heteroatoms. The minimum absolute atomic E-state index is 0.289. The van der Waals surface area contributed by atoms with Gasteiger partial charge in [0, 0.05) is 12.4 Å². The van der Waals surface area contributed by atoms with Crippen molar-refractivity contribution in [3.05, 3.63) is 18.7 Å². The highest BCUT2D eigenvalue weighted by atomic mass is 16.1. The molecule has 1 unspecified atom stereocenters. The van der Waals surface area contributed by atoms with Crippen LogP contribution in [0.1, 0.15) is 6.17 Å². The first-order chi connectivity index (χ1) is 4.88. The average Bonchev–Trinajstić information content (AvgIpc) is 2.43. The van der Waals surface area contributed by atoms with Crippen LogP contribution >= 0.6 is 0 Å². The molecular formula is C6H9N3O. The van der Waals surface area contributed by atoms with Crippen LogP contribution in [0.4, 0.5) is 0 Å². The van der Waals surface area contributed by atoms with Gasteiger partial charge in [-0.1, -0.05) is 0 Å². The predicted octanol–water partition coefficient (Wildman–Crippen LogP) is -0.200. The van der Waals surface area contributed by atoms with Gasteiger partial charge in [0.2, 0.25) is 0 Å². The molecule has 0 spiro atoms. The highest BCUT2D eigenvalue weighted by Gasteiger charge is 2.02. The van der Waals surface area contributed by atoms with Crippen molar-refractivity contribution in [2.24, 2.45) is 0 Å². The lowest BCUT2D eigenvalue weighted by Gasteiger charge is -2.08.